The maximum atomic E-state index is 14.5. The molecule has 0 aliphatic heterocycles. The Morgan fingerprint density at radius 3 is 2.35 bits per heavy atom. The number of aromatic nitrogens is 4. The van der Waals surface area contributed by atoms with E-state index in [4.69, 9.17) is 0 Å². The van der Waals surface area contributed by atoms with E-state index in [1.54, 1.807) is 13.0 Å². The maximum absolute atomic E-state index is 14.5. The quantitative estimate of drug-likeness (QED) is 0.596. The molecule has 0 bridgehead atoms. The summed E-state index contributed by atoms with van der Waals surface area (Å²) in [6.45, 7) is 1.87. The first-order chi connectivity index (χ1) is 14.7. The third-order valence-corrected chi connectivity index (χ3v) is 4.55. The summed E-state index contributed by atoms with van der Waals surface area (Å²) in [5.41, 5.74) is -0.877. The molecule has 3 aromatic rings. The molecule has 0 saturated heterocycles. The molecule has 0 radical (unpaired) electrons. The number of nitrogens with one attached hydrogen (secondary N) is 1. The minimum absolute atomic E-state index is 0.00816. The van der Waals surface area contributed by atoms with Crippen molar-refractivity contribution in [3.8, 4) is 11.4 Å². The van der Waals surface area contributed by atoms with Gasteiger partial charge < -0.3 is 10.2 Å². The molecule has 1 unspecified atom stereocenters. The Balaban J connectivity index is 1.72. The highest BCUT2D eigenvalue weighted by Gasteiger charge is 2.31. The summed E-state index contributed by atoms with van der Waals surface area (Å²) in [6.07, 6.45) is -0.280. The molecule has 2 heterocycles. The Morgan fingerprint density at radius 2 is 1.74 bits per heavy atom. The van der Waals surface area contributed by atoms with Crippen LogP contribution in [-0.2, 0) is 6.18 Å². The van der Waals surface area contributed by atoms with E-state index in [-0.39, 0.29) is 29.4 Å². The van der Waals surface area contributed by atoms with Crippen LogP contribution in [0.1, 0.15) is 22.8 Å². The average Bonchev–Trinajstić information content (AvgIpc) is 2.76. The predicted molar refractivity (Wildman–Crippen MR) is 105 cm³/mol. The molecule has 1 amide bonds. The lowest BCUT2D eigenvalue weighted by Gasteiger charge is -2.26. The second kappa shape index (κ2) is 9.02. The smallest absolute Gasteiger partial charge is 0.352 e. The monoisotopic (exact) mass is 434 g/mol. The first-order valence-electron chi connectivity index (χ1n) is 9.14. The van der Waals surface area contributed by atoms with Crippen molar-refractivity contribution in [2.45, 2.75) is 19.1 Å². The number of anilines is 1. The summed E-state index contributed by atoms with van der Waals surface area (Å²) in [7, 11) is 1.53. The van der Waals surface area contributed by atoms with Crippen molar-refractivity contribution in [2.24, 2.45) is 0 Å². The summed E-state index contributed by atoms with van der Waals surface area (Å²) in [5.74, 6) is -1.02. The number of likely N-dealkylation sites (N-methyl/N-ethyl adjacent to an activating group) is 1. The average molecular weight is 434 g/mol. The maximum Gasteiger partial charge on any atom is 0.419 e. The zero-order valence-electron chi connectivity index (χ0n) is 16.6. The molecule has 1 N–H and O–H groups in total. The van der Waals surface area contributed by atoms with Gasteiger partial charge in [-0.05, 0) is 25.1 Å². The third kappa shape index (κ3) is 5.11. The van der Waals surface area contributed by atoms with Crippen LogP contribution in [0.2, 0.25) is 0 Å². The zero-order valence-corrected chi connectivity index (χ0v) is 16.6. The van der Waals surface area contributed by atoms with Crippen LogP contribution in [0.5, 0.6) is 0 Å². The number of nitrogens with zero attached hydrogens (tertiary/aromatic N) is 5. The molecule has 162 valence electrons. The van der Waals surface area contributed by atoms with Crippen molar-refractivity contribution in [3.63, 3.8) is 0 Å². The van der Waals surface area contributed by atoms with Gasteiger partial charge in [-0.1, -0.05) is 6.07 Å². The SMILES string of the molecule is CC(CNc1ncc(C(F)(F)F)cn1)N(C)C(=O)c1cccc(F)c1-c1ncccn1. The van der Waals surface area contributed by atoms with Gasteiger partial charge in [0.1, 0.15) is 5.82 Å². The van der Waals surface area contributed by atoms with Gasteiger partial charge in [-0.25, -0.2) is 24.3 Å². The van der Waals surface area contributed by atoms with Gasteiger partial charge >= 0.3 is 6.18 Å². The van der Waals surface area contributed by atoms with E-state index in [1.165, 1.54) is 42.5 Å². The van der Waals surface area contributed by atoms with Gasteiger partial charge in [-0.15, -0.1) is 0 Å². The number of alkyl halides is 3. The molecule has 31 heavy (non-hydrogen) atoms. The number of carbonyl (C=O) groups excluding carboxylic acids is 1. The van der Waals surface area contributed by atoms with Crippen LogP contribution in [0.15, 0.2) is 49.1 Å². The van der Waals surface area contributed by atoms with Gasteiger partial charge in [0.2, 0.25) is 5.95 Å². The van der Waals surface area contributed by atoms with Crippen LogP contribution in [-0.4, -0.2) is 50.4 Å². The Kier molecular flexibility index (Phi) is 6.42. The second-order valence-electron chi connectivity index (χ2n) is 6.67. The number of amides is 1. The molecule has 3 rings (SSSR count). The lowest BCUT2D eigenvalue weighted by molar-refractivity contribution is -0.138. The Hall–Kier alpha value is -3.63. The van der Waals surface area contributed by atoms with Gasteiger partial charge in [0.15, 0.2) is 5.82 Å². The highest BCUT2D eigenvalue weighted by atomic mass is 19.4. The molecule has 7 nitrogen and oxygen atoms in total. The van der Waals surface area contributed by atoms with Gasteiger partial charge in [-0.2, -0.15) is 13.2 Å². The van der Waals surface area contributed by atoms with E-state index < -0.39 is 29.5 Å². The van der Waals surface area contributed by atoms with Gasteiger partial charge in [0, 0.05) is 44.4 Å². The number of carbonyl (C=O) groups is 1. The van der Waals surface area contributed by atoms with Crippen LogP contribution in [0.25, 0.3) is 11.4 Å². The van der Waals surface area contributed by atoms with Crippen LogP contribution in [0.3, 0.4) is 0 Å². The van der Waals surface area contributed by atoms with Crippen molar-refractivity contribution < 1.29 is 22.4 Å². The molecule has 0 spiro atoms. The fourth-order valence-electron chi connectivity index (χ4n) is 2.69. The second-order valence-corrected chi connectivity index (χ2v) is 6.67. The molecule has 11 heteroatoms. The number of halogens is 4. The van der Waals surface area contributed by atoms with Crippen molar-refractivity contribution >= 4 is 11.9 Å². The van der Waals surface area contributed by atoms with Crippen molar-refractivity contribution in [1.29, 1.82) is 0 Å². The lowest BCUT2D eigenvalue weighted by Crippen LogP contribution is -2.39. The summed E-state index contributed by atoms with van der Waals surface area (Å²) >= 11 is 0. The number of rotatable bonds is 6. The fraction of sp³-hybridized carbons (Fsp3) is 0.250. The molecule has 1 aromatic carbocycles. The molecule has 0 aliphatic rings. The van der Waals surface area contributed by atoms with E-state index in [2.05, 4.69) is 25.3 Å². The molecule has 2 aromatic heterocycles. The van der Waals surface area contributed by atoms with Crippen molar-refractivity contribution in [1.82, 2.24) is 24.8 Å². The highest BCUT2D eigenvalue weighted by Crippen LogP contribution is 2.28. The first-order valence-corrected chi connectivity index (χ1v) is 9.14. The molecular weight excluding hydrogens is 416 g/mol. The van der Waals surface area contributed by atoms with Gasteiger partial charge in [0.25, 0.3) is 5.91 Å². The summed E-state index contributed by atoms with van der Waals surface area (Å²) in [6, 6.07) is 5.27. The van der Waals surface area contributed by atoms with E-state index in [0.717, 1.165) is 0 Å². The Morgan fingerprint density at radius 1 is 1.10 bits per heavy atom. The summed E-state index contributed by atoms with van der Waals surface area (Å²) in [5, 5.41) is 2.79. The fourth-order valence-corrected chi connectivity index (χ4v) is 2.69. The largest absolute Gasteiger partial charge is 0.419 e. The topological polar surface area (TPSA) is 83.9 Å². The van der Waals surface area contributed by atoms with Crippen LogP contribution < -0.4 is 5.32 Å². The zero-order chi connectivity index (χ0) is 22.6. The summed E-state index contributed by atoms with van der Waals surface area (Å²) < 4.78 is 52.3. The third-order valence-electron chi connectivity index (χ3n) is 4.55. The molecular formula is C20H18F4N6O. The van der Waals surface area contributed by atoms with Crippen molar-refractivity contribution in [3.05, 3.63) is 66.0 Å². The van der Waals surface area contributed by atoms with E-state index in [9.17, 15) is 22.4 Å². The standard InChI is InChI=1S/C20H18F4N6O/c1-12(9-27-19-28-10-13(11-29-19)20(22,23)24)30(2)18(31)14-5-3-6-15(21)16(14)17-25-7-4-8-26-17/h3-8,10-12H,9H2,1-2H3,(H,27,28,29). The van der Waals surface area contributed by atoms with Crippen LogP contribution >= 0.6 is 0 Å². The lowest BCUT2D eigenvalue weighted by atomic mass is 10.0. The minimum atomic E-state index is -4.52. The van der Waals surface area contributed by atoms with Crippen LogP contribution in [0.4, 0.5) is 23.5 Å². The minimum Gasteiger partial charge on any atom is -0.352 e. The Bertz CT molecular complexity index is 1040. The summed E-state index contributed by atoms with van der Waals surface area (Å²) in [4.78, 5) is 29.7. The number of benzene rings is 1. The van der Waals surface area contributed by atoms with Crippen LogP contribution in [0, 0.1) is 5.82 Å². The van der Waals surface area contributed by atoms with Gasteiger partial charge in [0.05, 0.1) is 16.7 Å². The predicted octanol–water partition coefficient (Wildman–Crippen LogP) is 3.66. The van der Waals surface area contributed by atoms with E-state index >= 15 is 0 Å². The normalized spacial score (nSPS) is 12.3. The first kappa shape index (κ1) is 22.1. The molecule has 0 fully saturated rings. The van der Waals surface area contributed by atoms with Gasteiger partial charge in [-0.3, -0.25) is 4.79 Å². The Labute approximate surface area is 175 Å². The highest BCUT2D eigenvalue weighted by molar-refractivity contribution is 6.00. The number of hydrogen-bond acceptors (Lipinski definition) is 6. The van der Waals surface area contributed by atoms with E-state index in [1.807, 2.05) is 0 Å². The van der Waals surface area contributed by atoms with Crippen molar-refractivity contribution in [2.75, 3.05) is 18.9 Å². The molecule has 0 aliphatic carbocycles. The molecule has 1 atom stereocenters. The number of hydrogen-bond donors (Lipinski definition) is 1. The van der Waals surface area contributed by atoms with E-state index in [0.29, 0.717) is 12.4 Å². The molecule has 0 saturated carbocycles.